The summed E-state index contributed by atoms with van der Waals surface area (Å²) in [5.74, 6) is -0.111. The number of hydrogen-bond donors (Lipinski definition) is 3. The van der Waals surface area contributed by atoms with Gasteiger partial charge in [0.05, 0.1) is 12.3 Å². The fourth-order valence-electron chi connectivity index (χ4n) is 2.28. The number of halogens is 1. The van der Waals surface area contributed by atoms with Gasteiger partial charge < -0.3 is 20.8 Å². The summed E-state index contributed by atoms with van der Waals surface area (Å²) in [5.41, 5.74) is 7.73. The Morgan fingerprint density at radius 3 is 2.44 bits per heavy atom. The highest BCUT2D eigenvalue weighted by atomic mass is 35.5. The molecule has 1 heterocycles. The Morgan fingerprint density at radius 1 is 1.12 bits per heavy atom. The number of nitrogens with one attached hydrogen (secondary N) is 2. The first-order valence-electron chi connectivity index (χ1n) is 7.97. The van der Waals surface area contributed by atoms with Crippen LogP contribution in [0.15, 0.2) is 47.1 Å². The molecule has 0 unspecified atom stereocenters. The lowest BCUT2D eigenvalue weighted by Gasteiger charge is -2.12. The zero-order valence-electron chi connectivity index (χ0n) is 14.2. The Bertz CT molecular complexity index is 673. The van der Waals surface area contributed by atoms with E-state index in [0.717, 1.165) is 11.1 Å². The van der Waals surface area contributed by atoms with Crippen molar-refractivity contribution in [3.63, 3.8) is 0 Å². The molecule has 1 atom stereocenters. The number of carbonyl (C=O) groups is 2. The number of nitrogens with two attached hydrogens (primary N) is 1. The molecule has 2 aromatic rings. The molecule has 0 radical (unpaired) electrons. The van der Waals surface area contributed by atoms with Gasteiger partial charge in [-0.3, -0.25) is 9.59 Å². The summed E-state index contributed by atoms with van der Waals surface area (Å²) < 4.78 is 5.11. The van der Waals surface area contributed by atoms with E-state index in [4.69, 9.17) is 10.2 Å². The molecule has 1 aromatic heterocycles. The second-order valence-electron chi connectivity index (χ2n) is 5.63. The van der Waals surface area contributed by atoms with E-state index in [9.17, 15) is 9.59 Å². The number of hydrogen-bond acceptors (Lipinski definition) is 4. The molecular weight excluding hydrogens is 342 g/mol. The van der Waals surface area contributed by atoms with Crippen LogP contribution < -0.4 is 16.4 Å². The SMILES string of the molecule is Cc1ccoc1C(=O)NCCCNC(=O)[C@@H](N)Cc1ccccc1.Cl. The van der Waals surface area contributed by atoms with Crippen molar-refractivity contribution in [2.45, 2.75) is 25.8 Å². The first-order chi connectivity index (χ1) is 11.6. The van der Waals surface area contributed by atoms with E-state index in [2.05, 4.69) is 10.6 Å². The molecule has 0 aliphatic rings. The van der Waals surface area contributed by atoms with Gasteiger partial charge in [0.1, 0.15) is 0 Å². The molecular formula is C18H24ClN3O3. The number of carbonyl (C=O) groups excluding carboxylic acids is 2. The minimum atomic E-state index is -0.576. The van der Waals surface area contributed by atoms with Crippen molar-refractivity contribution in [3.05, 3.63) is 59.5 Å². The van der Waals surface area contributed by atoms with Gasteiger partial charge in [0.25, 0.3) is 5.91 Å². The second-order valence-corrected chi connectivity index (χ2v) is 5.63. The Morgan fingerprint density at radius 2 is 1.80 bits per heavy atom. The first-order valence-corrected chi connectivity index (χ1v) is 7.97. The van der Waals surface area contributed by atoms with Gasteiger partial charge in [-0.25, -0.2) is 0 Å². The van der Waals surface area contributed by atoms with Gasteiger partial charge in [0.15, 0.2) is 5.76 Å². The van der Waals surface area contributed by atoms with Crippen LogP contribution in [0.1, 0.15) is 28.1 Å². The summed E-state index contributed by atoms with van der Waals surface area (Å²) >= 11 is 0. The molecule has 2 rings (SSSR count). The number of amides is 2. The molecule has 0 aliphatic carbocycles. The van der Waals surface area contributed by atoms with Crippen LogP contribution in [0.25, 0.3) is 0 Å². The third kappa shape index (κ3) is 6.60. The summed E-state index contributed by atoms with van der Waals surface area (Å²) in [6, 6.07) is 10.8. The summed E-state index contributed by atoms with van der Waals surface area (Å²) in [7, 11) is 0. The zero-order chi connectivity index (χ0) is 17.4. The van der Waals surface area contributed by atoms with Gasteiger partial charge in [-0.15, -0.1) is 12.4 Å². The highest BCUT2D eigenvalue weighted by Gasteiger charge is 2.14. The second kappa shape index (κ2) is 10.5. The predicted octanol–water partition coefficient (Wildman–Crippen LogP) is 1.82. The van der Waals surface area contributed by atoms with Crippen LogP contribution in [-0.2, 0) is 11.2 Å². The van der Waals surface area contributed by atoms with Crippen molar-refractivity contribution in [1.29, 1.82) is 0 Å². The largest absolute Gasteiger partial charge is 0.459 e. The number of benzene rings is 1. The van der Waals surface area contributed by atoms with E-state index < -0.39 is 6.04 Å². The molecule has 0 bridgehead atoms. The maximum atomic E-state index is 11.9. The molecule has 4 N–H and O–H groups in total. The van der Waals surface area contributed by atoms with Crippen molar-refractivity contribution >= 4 is 24.2 Å². The van der Waals surface area contributed by atoms with Crippen LogP contribution >= 0.6 is 12.4 Å². The van der Waals surface area contributed by atoms with Crippen LogP contribution in [0.5, 0.6) is 0 Å². The molecule has 0 spiro atoms. The molecule has 0 saturated carbocycles. The van der Waals surface area contributed by atoms with Gasteiger partial charge in [-0.05, 0) is 31.4 Å². The van der Waals surface area contributed by atoms with Gasteiger partial charge in [0, 0.05) is 18.7 Å². The summed E-state index contributed by atoms with van der Waals surface area (Å²) in [4.78, 5) is 23.8. The highest BCUT2D eigenvalue weighted by molar-refractivity contribution is 5.92. The monoisotopic (exact) mass is 365 g/mol. The van der Waals surface area contributed by atoms with Crippen molar-refractivity contribution in [2.24, 2.45) is 5.73 Å². The Hall–Kier alpha value is -2.31. The van der Waals surface area contributed by atoms with Gasteiger partial charge in [-0.2, -0.15) is 0 Å². The summed E-state index contributed by atoms with van der Waals surface area (Å²) in [5, 5.41) is 5.54. The van der Waals surface area contributed by atoms with E-state index in [1.807, 2.05) is 37.3 Å². The van der Waals surface area contributed by atoms with Crippen molar-refractivity contribution < 1.29 is 14.0 Å². The summed E-state index contributed by atoms with van der Waals surface area (Å²) in [6.45, 7) is 2.72. The molecule has 0 saturated heterocycles. The number of furan rings is 1. The number of aryl methyl sites for hydroxylation is 1. The topological polar surface area (TPSA) is 97.4 Å². The Balaban J connectivity index is 0.00000312. The first kappa shape index (κ1) is 20.7. The average molecular weight is 366 g/mol. The van der Waals surface area contributed by atoms with E-state index >= 15 is 0 Å². The minimum absolute atomic E-state index is 0. The smallest absolute Gasteiger partial charge is 0.287 e. The van der Waals surface area contributed by atoms with Crippen LogP contribution in [-0.4, -0.2) is 30.9 Å². The third-order valence-corrected chi connectivity index (χ3v) is 3.64. The Labute approximate surface area is 153 Å². The molecule has 0 fully saturated rings. The van der Waals surface area contributed by atoms with E-state index in [0.29, 0.717) is 31.7 Å². The minimum Gasteiger partial charge on any atom is -0.459 e. The predicted molar refractivity (Wildman–Crippen MR) is 98.8 cm³/mol. The molecule has 6 nitrogen and oxygen atoms in total. The van der Waals surface area contributed by atoms with Crippen molar-refractivity contribution in [1.82, 2.24) is 10.6 Å². The lowest BCUT2D eigenvalue weighted by molar-refractivity contribution is -0.122. The van der Waals surface area contributed by atoms with Crippen LogP contribution in [0.4, 0.5) is 0 Å². The molecule has 7 heteroatoms. The molecule has 25 heavy (non-hydrogen) atoms. The standard InChI is InChI=1S/C18H23N3O3.ClH/c1-13-8-11-24-16(13)18(23)21-10-5-9-20-17(22)15(19)12-14-6-3-2-4-7-14;/h2-4,6-8,11,15H,5,9-10,12,19H2,1H3,(H,20,22)(H,21,23);1H/t15-;/m0./s1. The van der Waals surface area contributed by atoms with Crippen molar-refractivity contribution in [2.75, 3.05) is 13.1 Å². The van der Waals surface area contributed by atoms with Crippen LogP contribution in [0.2, 0.25) is 0 Å². The molecule has 0 aliphatic heterocycles. The highest BCUT2D eigenvalue weighted by Crippen LogP contribution is 2.07. The maximum Gasteiger partial charge on any atom is 0.287 e. The lowest BCUT2D eigenvalue weighted by Crippen LogP contribution is -2.42. The average Bonchev–Trinajstić information content (AvgIpc) is 3.01. The van der Waals surface area contributed by atoms with Gasteiger partial charge in [-0.1, -0.05) is 30.3 Å². The van der Waals surface area contributed by atoms with Crippen molar-refractivity contribution in [3.8, 4) is 0 Å². The fraction of sp³-hybridized carbons (Fsp3) is 0.333. The molecule has 2 amide bonds. The lowest BCUT2D eigenvalue weighted by atomic mass is 10.1. The summed E-state index contributed by atoms with van der Waals surface area (Å²) in [6.07, 6.45) is 2.61. The third-order valence-electron chi connectivity index (χ3n) is 3.64. The maximum absolute atomic E-state index is 11.9. The molecule has 1 aromatic carbocycles. The van der Waals surface area contributed by atoms with Crippen LogP contribution in [0, 0.1) is 6.92 Å². The number of rotatable bonds is 8. The van der Waals surface area contributed by atoms with Gasteiger partial charge >= 0.3 is 0 Å². The fourth-order valence-corrected chi connectivity index (χ4v) is 2.28. The van der Waals surface area contributed by atoms with Crippen LogP contribution in [0.3, 0.4) is 0 Å². The molecule has 136 valence electrons. The quantitative estimate of drug-likeness (QED) is 0.621. The normalized spacial score (nSPS) is 11.3. The Kier molecular flexibility index (Phi) is 8.74. The van der Waals surface area contributed by atoms with E-state index in [1.54, 1.807) is 6.07 Å². The van der Waals surface area contributed by atoms with E-state index in [1.165, 1.54) is 6.26 Å². The zero-order valence-corrected chi connectivity index (χ0v) is 15.0. The van der Waals surface area contributed by atoms with E-state index in [-0.39, 0.29) is 24.2 Å². The van der Waals surface area contributed by atoms with Gasteiger partial charge in [0.2, 0.25) is 5.91 Å².